The number of aromatic nitrogens is 1. The minimum Gasteiger partial charge on any atom is -0.491 e. The smallest absolute Gasteiger partial charge is 0.303 e. The highest BCUT2D eigenvalue weighted by Gasteiger charge is 2.13. The van der Waals surface area contributed by atoms with Crippen molar-refractivity contribution in [3.05, 3.63) is 29.1 Å². The van der Waals surface area contributed by atoms with E-state index in [-0.39, 0.29) is 24.9 Å². The van der Waals surface area contributed by atoms with E-state index < -0.39 is 5.97 Å². The number of aliphatic carboxylic acids is 1. The van der Waals surface area contributed by atoms with E-state index in [1.807, 2.05) is 45.0 Å². The van der Waals surface area contributed by atoms with Crippen molar-refractivity contribution in [2.75, 3.05) is 5.32 Å². The van der Waals surface area contributed by atoms with Gasteiger partial charge >= 0.3 is 5.97 Å². The van der Waals surface area contributed by atoms with Crippen molar-refractivity contribution in [1.82, 2.24) is 4.98 Å². The third kappa shape index (κ3) is 5.06. The molecule has 128 valence electrons. The molecule has 6 nitrogen and oxygen atoms in total. The first kappa shape index (κ1) is 17.9. The van der Waals surface area contributed by atoms with Gasteiger partial charge in [-0.05, 0) is 45.0 Å². The maximum atomic E-state index is 11.7. The SMILES string of the molecule is Cc1sc(NC(=O)CCC(=O)O)nc1-c1ccc(OC(C)C)cc1. The summed E-state index contributed by atoms with van der Waals surface area (Å²) >= 11 is 1.36. The van der Waals surface area contributed by atoms with Gasteiger partial charge in [0.1, 0.15) is 5.75 Å². The van der Waals surface area contributed by atoms with Gasteiger partial charge in [-0.25, -0.2) is 4.98 Å². The van der Waals surface area contributed by atoms with E-state index >= 15 is 0 Å². The zero-order valence-electron chi connectivity index (χ0n) is 13.8. The van der Waals surface area contributed by atoms with Crippen LogP contribution in [0.5, 0.6) is 5.75 Å². The molecule has 1 aromatic heterocycles. The lowest BCUT2D eigenvalue weighted by atomic mass is 10.1. The lowest BCUT2D eigenvalue weighted by molar-refractivity contribution is -0.138. The number of aryl methyl sites for hydroxylation is 1. The molecule has 0 aliphatic carbocycles. The van der Waals surface area contributed by atoms with Crippen LogP contribution in [-0.2, 0) is 9.59 Å². The van der Waals surface area contributed by atoms with Gasteiger partial charge in [0, 0.05) is 16.9 Å². The number of benzene rings is 1. The summed E-state index contributed by atoms with van der Waals surface area (Å²) in [6.45, 7) is 5.87. The van der Waals surface area contributed by atoms with Gasteiger partial charge in [0.05, 0.1) is 18.2 Å². The zero-order valence-corrected chi connectivity index (χ0v) is 14.6. The zero-order chi connectivity index (χ0) is 17.7. The second-order valence-electron chi connectivity index (χ2n) is 5.56. The van der Waals surface area contributed by atoms with Crippen molar-refractivity contribution in [3.63, 3.8) is 0 Å². The molecule has 2 rings (SSSR count). The van der Waals surface area contributed by atoms with Gasteiger partial charge in [0.15, 0.2) is 5.13 Å². The molecular formula is C17H20N2O4S. The van der Waals surface area contributed by atoms with Crippen LogP contribution in [0.4, 0.5) is 5.13 Å². The Morgan fingerprint density at radius 3 is 2.50 bits per heavy atom. The second-order valence-corrected chi connectivity index (χ2v) is 6.76. The van der Waals surface area contributed by atoms with Crippen LogP contribution in [0.15, 0.2) is 24.3 Å². The first-order valence-electron chi connectivity index (χ1n) is 7.61. The van der Waals surface area contributed by atoms with E-state index in [0.29, 0.717) is 5.13 Å². The van der Waals surface area contributed by atoms with E-state index in [0.717, 1.165) is 21.9 Å². The van der Waals surface area contributed by atoms with E-state index in [1.165, 1.54) is 11.3 Å². The number of carboxylic acids is 1. The Balaban J connectivity index is 2.08. The van der Waals surface area contributed by atoms with Crippen LogP contribution >= 0.6 is 11.3 Å². The Kier molecular flexibility index (Phi) is 5.92. The summed E-state index contributed by atoms with van der Waals surface area (Å²) in [6, 6.07) is 7.63. The monoisotopic (exact) mass is 348 g/mol. The molecule has 0 atom stereocenters. The second kappa shape index (κ2) is 7.92. The Morgan fingerprint density at radius 1 is 1.25 bits per heavy atom. The van der Waals surface area contributed by atoms with Crippen molar-refractivity contribution in [3.8, 4) is 17.0 Å². The number of ether oxygens (including phenoxy) is 1. The summed E-state index contributed by atoms with van der Waals surface area (Å²) in [5, 5.41) is 11.7. The molecule has 0 saturated carbocycles. The Hall–Kier alpha value is -2.41. The fourth-order valence-electron chi connectivity index (χ4n) is 2.08. The van der Waals surface area contributed by atoms with Crippen LogP contribution in [0.25, 0.3) is 11.3 Å². The minimum absolute atomic E-state index is 0.0649. The molecule has 0 fully saturated rings. The molecule has 1 heterocycles. The van der Waals surface area contributed by atoms with Crippen LogP contribution in [0.3, 0.4) is 0 Å². The van der Waals surface area contributed by atoms with Gasteiger partial charge in [0.2, 0.25) is 5.91 Å². The van der Waals surface area contributed by atoms with Crippen molar-refractivity contribution in [2.24, 2.45) is 0 Å². The number of nitrogens with one attached hydrogen (secondary N) is 1. The molecular weight excluding hydrogens is 328 g/mol. The molecule has 2 N–H and O–H groups in total. The van der Waals surface area contributed by atoms with Gasteiger partial charge in [-0.3, -0.25) is 9.59 Å². The molecule has 0 radical (unpaired) electrons. The summed E-state index contributed by atoms with van der Waals surface area (Å²) in [5.41, 5.74) is 1.73. The fraction of sp³-hybridized carbons (Fsp3) is 0.353. The normalized spacial score (nSPS) is 10.7. The van der Waals surface area contributed by atoms with Crippen LogP contribution in [-0.4, -0.2) is 28.1 Å². The molecule has 0 aliphatic heterocycles. The molecule has 0 aliphatic rings. The first-order valence-corrected chi connectivity index (χ1v) is 8.43. The quantitative estimate of drug-likeness (QED) is 0.796. The number of carbonyl (C=O) groups is 2. The molecule has 7 heteroatoms. The molecule has 24 heavy (non-hydrogen) atoms. The van der Waals surface area contributed by atoms with Gasteiger partial charge in [-0.2, -0.15) is 0 Å². The summed E-state index contributed by atoms with van der Waals surface area (Å²) in [7, 11) is 0. The molecule has 0 bridgehead atoms. The number of hydrogen-bond donors (Lipinski definition) is 2. The molecule has 0 saturated heterocycles. The van der Waals surface area contributed by atoms with E-state index in [2.05, 4.69) is 10.3 Å². The Bertz CT molecular complexity index is 723. The van der Waals surface area contributed by atoms with Crippen molar-refractivity contribution >= 4 is 28.3 Å². The molecule has 0 unspecified atom stereocenters. The van der Waals surface area contributed by atoms with E-state index in [4.69, 9.17) is 9.84 Å². The van der Waals surface area contributed by atoms with Crippen LogP contribution in [0.1, 0.15) is 31.6 Å². The highest BCUT2D eigenvalue weighted by Crippen LogP contribution is 2.31. The standard InChI is InChI=1S/C17H20N2O4S/c1-10(2)23-13-6-4-12(5-7-13)16-11(3)24-17(19-16)18-14(20)8-9-15(21)22/h4-7,10H,8-9H2,1-3H3,(H,21,22)(H,18,19,20). The van der Waals surface area contributed by atoms with Crippen LogP contribution in [0, 0.1) is 6.92 Å². The fourth-order valence-corrected chi connectivity index (χ4v) is 2.94. The summed E-state index contributed by atoms with van der Waals surface area (Å²) in [6.07, 6.45) is -0.144. The largest absolute Gasteiger partial charge is 0.491 e. The maximum absolute atomic E-state index is 11.7. The summed E-state index contributed by atoms with van der Waals surface area (Å²) < 4.78 is 5.62. The average molecular weight is 348 g/mol. The lowest BCUT2D eigenvalue weighted by Crippen LogP contribution is -2.12. The van der Waals surface area contributed by atoms with Gasteiger partial charge in [0.25, 0.3) is 0 Å². The number of anilines is 1. The third-order valence-corrected chi connectivity index (χ3v) is 3.99. The van der Waals surface area contributed by atoms with Crippen LogP contribution < -0.4 is 10.1 Å². The minimum atomic E-state index is -0.995. The predicted molar refractivity (Wildman–Crippen MR) is 93.6 cm³/mol. The predicted octanol–water partition coefficient (Wildman–Crippen LogP) is 3.71. The highest BCUT2D eigenvalue weighted by atomic mass is 32.1. The van der Waals surface area contributed by atoms with E-state index in [1.54, 1.807) is 0 Å². The number of thiazole rings is 1. The summed E-state index contributed by atoms with van der Waals surface area (Å²) in [5.74, 6) is -0.549. The number of nitrogens with zero attached hydrogens (tertiary/aromatic N) is 1. The topological polar surface area (TPSA) is 88.5 Å². The number of carboxylic acid groups (broad SMARTS) is 1. The average Bonchev–Trinajstić information content (AvgIpc) is 2.86. The molecule has 2 aromatic rings. The van der Waals surface area contributed by atoms with Gasteiger partial charge in [-0.1, -0.05) is 0 Å². The lowest BCUT2D eigenvalue weighted by Gasteiger charge is -2.09. The first-order chi connectivity index (χ1) is 11.3. The maximum Gasteiger partial charge on any atom is 0.303 e. The van der Waals surface area contributed by atoms with Crippen LogP contribution in [0.2, 0.25) is 0 Å². The Labute approximate surface area is 144 Å². The molecule has 0 spiro atoms. The van der Waals surface area contributed by atoms with Crippen molar-refractivity contribution < 1.29 is 19.4 Å². The summed E-state index contributed by atoms with van der Waals surface area (Å²) in [4.78, 5) is 27.6. The highest BCUT2D eigenvalue weighted by molar-refractivity contribution is 7.16. The number of hydrogen-bond acceptors (Lipinski definition) is 5. The molecule has 1 aromatic carbocycles. The Morgan fingerprint density at radius 2 is 1.92 bits per heavy atom. The number of rotatable bonds is 7. The third-order valence-electron chi connectivity index (χ3n) is 3.11. The van der Waals surface area contributed by atoms with E-state index in [9.17, 15) is 9.59 Å². The number of carbonyl (C=O) groups excluding carboxylic acids is 1. The van der Waals surface area contributed by atoms with Crippen molar-refractivity contribution in [1.29, 1.82) is 0 Å². The number of amides is 1. The van der Waals surface area contributed by atoms with Gasteiger partial charge in [-0.15, -0.1) is 11.3 Å². The van der Waals surface area contributed by atoms with Gasteiger partial charge < -0.3 is 15.2 Å². The molecule has 1 amide bonds. The van der Waals surface area contributed by atoms with Crippen molar-refractivity contribution in [2.45, 2.75) is 39.7 Å².